The SMILES string of the molecule is CCO/C=C\C(=O)Nc1cc(-c2cccnc2)ccc1OC. The molecule has 1 aromatic heterocycles. The van der Waals surface area contributed by atoms with Crippen LogP contribution in [-0.2, 0) is 9.53 Å². The Morgan fingerprint density at radius 3 is 2.86 bits per heavy atom. The Morgan fingerprint density at radius 1 is 1.32 bits per heavy atom. The fraction of sp³-hybridized carbons (Fsp3) is 0.176. The van der Waals surface area contributed by atoms with Crippen LogP contribution in [0.3, 0.4) is 0 Å². The smallest absolute Gasteiger partial charge is 0.251 e. The summed E-state index contributed by atoms with van der Waals surface area (Å²) in [5.74, 6) is 0.306. The van der Waals surface area contributed by atoms with Gasteiger partial charge >= 0.3 is 0 Å². The van der Waals surface area contributed by atoms with Crippen LogP contribution >= 0.6 is 0 Å². The number of amides is 1. The molecule has 5 heteroatoms. The number of pyridine rings is 1. The number of carbonyl (C=O) groups is 1. The van der Waals surface area contributed by atoms with Gasteiger partial charge in [-0.05, 0) is 30.7 Å². The molecule has 0 aliphatic carbocycles. The van der Waals surface area contributed by atoms with Crippen LogP contribution in [0.1, 0.15) is 6.92 Å². The molecule has 1 heterocycles. The number of hydrogen-bond acceptors (Lipinski definition) is 4. The lowest BCUT2D eigenvalue weighted by Gasteiger charge is -2.11. The van der Waals surface area contributed by atoms with E-state index in [9.17, 15) is 4.79 Å². The number of methoxy groups -OCH3 is 1. The van der Waals surface area contributed by atoms with Crippen molar-refractivity contribution in [2.24, 2.45) is 0 Å². The molecule has 2 rings (SSSR count). The first-order valence-corrected chi connectivity index (χ1v) is 6.92. The summed E-state index contributed by atoms with van der Waals surface area (Å²) in [6.07, 6.45) is 6.18. The Labute approximate surface area is 129 Å². The first-order chi connectivity index (χ1) is 10.7. The molecule has 0 radical (unpaired) electrons. The quantitative estimate of drug-likeness (QED) is 0.657. The molecule has 1 amide bonds. The maximum Gasteiger partial charge on any atom is 0.251 e. The molecule has 22 heavy (non-hydrogen) atoms. The molecule has 0 saturated heterocycles. The lowest BCUT2D eigenvalue weighted by Crippen LogP contribution is -2.09. The van der Waals surface area contributed by atoms with Crippen molar-refractivity contribution in [1.29, 1.82) is 0 Å². The van der Waals surface area contributed by atoms with Gasteiger partial charge in [-0.2, -0.15) is 0 Å². The third kappa shape index (κ3) is 4.09. The van der Waals surface area contributed by atoms with Crippen LogP contribution in [0, 0.1) is 0 Å². The lowest BCUT2D eigenvalue weighted by atomic mass is 10.1. The number of rotatable bonds is 6. The van der Waals surface area contributed by atoms with Crippen molar-refractivity contribution in [2.75, 3.05) is 19.0 Å². The van der Waals surface area contributed by atoms with Gasteiger partial charge in [-0.25, -0.2) is 0 Å². The Kier molecular flexibility index (Phi) is 5.54. The van der Waals surface area contributed by atoms with Crippen LogP contribution in [0.15, 0.2) is 55.1 Å². The molecule has 0 saturated carbocycles. The van der Waals surface area contributed by atoms with Crippen LogP contribution < -0.4 is 10.1 Å². The molecule has 0 bridgehead atoms. The van der Waals surface area contributed by atoms with Crippen LogP contribution in [0.4, 0.5) is 5.69 Å². The van der Waals surface area contributed by atoms with Gasteiger partial charge in [-0.1, -0.05) is 12.1 Å². The van der Waals surface area contributed by atoms with Crippen molar-refractivity contribution in [3.63, 3.8) is 0 Å². The van der Waals surface area contributed by atoms with E-state index in [0.29, 0.717) is 18.0 Å². The molecule has 5 nitrogen and oxygen atoms in total. The highest BCUT2D eigenvalue weighted by atomic mass is 16.5. The van der Waals surface area contributed by atoms with E-state index in [1.807, 2.05) is 37.3 Å². The molecule has 1 N–H and O–H groups in total. The Hall–Kier alpha value is -2.82. The zero-order chi connectivity index (χ0) is 15.8. The summed E-state index contributed by atoms with van der Waals surface area (Å²) in [5, 5.41) is 2.78. The van der Waals surface area contributed by atoms with E-state index in [2.05, 4.69) is 10.3 Å². The molecule has 2 aromatic rings. The Bertz CT molecular complexity index is 654. The minimum Gasteiger partial charge on any atom is -0.501 e. The lowest BCUT2D eigenvalue weighted by molar-refractivity contribution is -0.112. The normalized spacial score (nSPS) is 10.5. The summed E-state index contributed by atoms with van der Waals surface area (Å²) in [7, 11) is 1.56. The second-order valence-corrected chi connectivity index (χ2v) is 4.40. The van der Waals surface area contributed by atoms with E-state index in [1.165, 1.54) is 12.3 Å². The van der Waals surface area contributed by atoms with Crippen molar-refractivity contribution < 1.29 is 14.3 Å². The average Bonchev–Trinajstić information content (AvgIpc) is 2.56. The van der Waals surface area contributed by atoms with Crippen LogP contribution in [0.2, 0.25) is 0 Å². The summed E-state index contributed by atoms with van der Waals surface area (Å²) in [6.45, 7) is 2.37. The number of ether oxygens (including phenoxy) is 2. The Balaban J connectivity index is 2.23. The molecule has 0 spiro atoms. The second kappa shape index (κ2) is 7.83. The van der Waals surface area contributed by atoms with Crippen molar-refractivity contribution in [3.05, 3.63) is 55.1 Å². The highest BCUT2D eigenvalue weighted by molar-refractivity contribution is 6.00. The second-order valence-electron chi connectivity index (χ2n) is 4.40. The molecule has 114 valence electrons. The van der Waals surface area contributed by atoms with Crippen LogP contribution in [0.25, 0.3) is 11.1 Å². The molecule has 0 fully saturated rings. The number of nitrogens with one attached hydrogen (secondary N) is 1. The van der Waals surface area contributed by atoms with Crippen molar-refractivity contribution in [1.82, 2.24) is 4.98 Å². The highest BCUT2D eigenvalue weighted by Crippen LogP contribution is 2.30. The minimum absolute atomic E-state index is 0.282. The monoisotopic (exact) mass is 298 g/mol. The molecule has 0 aliphatic heterocycles. The summed E-state index contributed by atoms with van der Waals surface area (Å²) >= 11 is 0. The average molecular weight is 298 g/mol. The van der Waals surface area contributed by atoms with Gasteiger partial charge in [-0.15, -0.1) is 0 Å². The van der Waals surface area contributed by atoms with Crippen molar-refractivity contribution >= 4 is 11.6 Å². The van der Waals surface area contributed by atoms with Gasteiger partial charge < -0.3 is 14.8 Å². The third-order valence-electron chi connectivity index (χ3n) is 2.93. The molecular formula is C17H18N2O3. The molecule has 0 aliphatic rings. The van der Waals surface area contributed by atoms with E-state index in [-0.39, 0.29) is 5.91 Å². The first kappa shape index (κ1) is 15.6. The van der Waals surface area contributed by atoms with Crippen molar-refractivity contribution in [3.8, 4) is 16.9 Å². The zero-order valence-corrected chi connectivity index (χ0v) is 12.6. The standard InChI is InChI=1S/C17H18N2O3/c1-3-22-10-8-17(20)19-15-11-13(6-7-16(15)21-2)14-5-4-9-18-12-14/h4-12H,3H2,1-2H3,(H,19,20)/b10-8-. The number of anilines is 1. The summed E-state index contributed by atoms with van der Waals surface area (Å²) in [5.41, 5.74) is 2.50. The summed E-state index contributed by atoms with van der Waals surface area (Å²) in [4.78, 5) is 16.0. The predicted molar refractivity (Wildman–Crippen MR) is 85.6 cm³/mol. The van der Waals surface area contributed by atoms with Gasteiger partial charge in [0.05, 0.1) is 25.7 Å². The van der Waals surface area contributed by atoms with E-state index < -0.39 is 0 Å². The number of benzene rings is 1. The van der Waals surface area contributed by atoms with E-state index in [1.54, 1.807) is 19.5 Å². The molecule has 1 aromatic carbocycles. The Morgan fingerprint density at radius 2 is 2.18 bits per heavy atom. The maximum atomic E-state index is 11.9. The van der Waals surface area contributed by atoms with Gasteiger partial charge in [-0.3, -0.25) is 9.78 Å². The minimum atomic E-state index is -0.282. The fourth-order valence-electron chi connectivity index (χ4n) is 1.90. The van der Waals surface area contributed by atoms with E-state index >= 15 is 0 Å². The number of aromatic nitrogens is 1. The largest absolute Gasteiger partial charge is 0.501 e. The third-order valence-corrected chi connectivity index (χ3v) is 2.93. The fourth-order valence-corrected chi connectivity index (χ4v) is 1.90. The predicted octanol–water partition coefficient (Wildman–Crippen LogP) is 3.25. The van der Waals surface area contributed by atoms with Gasteiger partial charge in [0.15, 0.2) is 0 Å². The maximum absolute atomic E-state index is 11.9. The molecule has 0 unspecified atom stereocenters. The topological polar surface area (TPSA) is 60.5 Å². The van der Waals surface area contributed by atoms with Gasteiger partial charge in [0.1, 0.15) is 5.75 Å². The van der Waals surface area contributed by atoms with Crippen LogP contribution in [0.5, 0.6) is 5.75 Å². The number of nitrogens with zero attached hydrogens (tertiary/aromatic N) is 1. The first-order valence-electron chi connectivity index (χ1n) is 6.92. The summed E-state index contributed by atoms with van der Waals surface area (Å²) in [6, 6.07) is 9.39. The summed E-state index contributed by atoms with van der Waals surface area (Å²) < 4.78 is 10.3. The molecule has 0 atom stereocenters. The molecular weight excluding hydrogens is 280 g/mol. The van der Waals surface area contributed by atoms with Gasteiger partial charge in [0.25, 0.3) is 5.91 Å². The zero-order valence-electron chi connectivity index (χ0n) is 12.6. The van der Waals surface area contributed by atoms with Crippen molar-refractivity contribution in [2.45, 2.75) is 6.92 Å². The number of hydrogen-bond donors (Lipinski definition) is 1. The van der Waals surface area contributed by atoms with E-state index in [4.69, 9.17) is 9.47 Å². The van der Waals surface area contributed by atoms with Crippen LogP contribution in [-0.4, -0.2) is 24.6 Å². The highest BCUT2D eigenvalue weighted by Gasteiger charge is 2.08. The van der Waals surface area contributed by atoms with Gasteiger partial charge in [0, 0.05) is 24.0 Å². The van der Waals surface area contributed by atoms with Gasteiger partial charge in [0.2, 0.25) is 0 Å². The van der Waals surface area contributed by atoms with E-state index in [0.717, 1.165) is 11.1 Å². The number of carbonyl (C=O) groups excluding carboxylic acids is 1.